The van der Waals surface area contributed by atoms with E-state index in [-0.39, 0.29) is 6.04 Å². The Hall–Kier alpha value is -2.34. The summed E-state index contributed by atoms with van der Waals surface area (Å²) < 4.78 is 10.7. The molecule has 3 rings (SSSR count). The number of hydrogen-bond acceptors (Lipinski definition) is 4. The normalized spacial score (nSPS) is 18.7. The average molecular weight is 288 g/mol. The predicted molar refractivity (Wildman–Crippen MR) is 75.0 cm³/mol. The Kier molecular flexibility index (Phi) is 3.87. The van der Waals surface area contributed by atoms with E-state index < -0.39 is 6.09 Å². The molecule has 2 heterocycles. The minimum Gasteiger partial charge on any atom is -0.465 e. The lowest BCUT2D eigenvalue weighted by Gasteiger charge is -2.33. The first-order chi connectivity index (χ1) is 10.2. The molecule has 0 aliphatic carbocycles. The maximum atomic E-state index is 11.3. The number of amides is 1. The Morgan fingerprint density at radius 3 is 3.14 bits per heavy atom. The summed E-state index contributed by atoms with van der Waals surface area (Å²) in [4.78, 5) is 16.8. The van der Waals surface area contributed by atoms with Crippen LogP contribution < -0.4 is 0 Å². The molecule has 1 amide bonds. The predicted octanol–water partition coefficient (Wildman–Crippen LogP) is 2.26. The minimum absolute atomic E-state index is 0.156. The van der Waals surface area contributed by atoms with E-state index >= 15 is 0 Å². The molecule has 110 valence electrons. The quantitative estimate of drug-likeness (QED) is 0.937. The number of carbonyl (C=O) groups is 1. The first-order valence-corrected chi connectivity index (χ1v) is 6.80. The van der Waals surface area contributed by atoms with Crippen LogP contribution in [-0.2, 0) is 11.2 Å². The van der Waals surface area contributed by atoms with Crippen LogP contribution >= 0.6 is 0 Å². The van der Waals surface area contributed by atoms with Gasteiger partial charge in [-0.15, -0.1) is 0 Å². The van der Waals surface area contributed by atoms with Crippen molar-refractivity contribution in [1.82, 2.24) is 9.88 Å². The smallest absolute Gasteiger partial charge is 0.407 e. The lowest BCUT2D eigenvalue weighted by Crippen LogP contribution is -2.49. The molecule has 1 aliphatic heterocycles. The Labute approximate surface area is 122 Å². The zero-order valence-corrected chi connectivity index (χ0v) is 11.4. The van der Waals surface area contributed by atoms with Gasteiger partial charge in [0, 0.05) is 12.1 Å². The van der Waals surface area contributed by atoms with Gasteiger partial charge in [-0.25, -0.2) is 9.78 Å². The number of oxazole rings is 1. The molecule has 1 aromatic carbocycles. The SMILES string of the molecule is O=C(O)N1CCOC[C@H]1Cc1cccc(-c2ncco2)c1. The van der Waals surface area contributed by atoms with Crippen LogP contribution in [0.15, 0.2) is 41.1 Å². The first kappa shape index (κ1) is 13.6. The lowest BCUT2D eigenvalue weighted by atomic mass is 10.0. The van der Waals surface area contributed by atoms with Gasteiger partial charge < -0.3 is 19.2 Å². The Morgan fingerprint density at radius 1 is 1.48 bits per heavy atom. The third-order valence-electron chi connectivity index (χ3n) is 3.55. The van der Waals surface area contributed by atoms with Crippen LogP contribution in [0.25, 0.3) is 11.5 Å². The second kappa shape index (κ2) is 5.97. The molecule has 0 saturated carbocycles. The zero-order chi connectivity index (χ0) is 14.7. The van der Waals surface area contributed by atoms with Gasteiger partial charge in [-0.05, 0) is 24.1 Å². The summed E-state index contributed by atoms with van der Waals surface area (Å²) in [7, 11) is 0. The molecule has 21 heavy (non-hydrogen) atoms. The van der Waals surface area contributed by atoms with Gasteiger partial charge in [0.05, 0.1) is 25.5 Å². The van der Waals surface area contributed by atoms with Gasteiger partial charge in [-0.1, -0.05) is 12.1 Å². The van der Waals surface area contributed by atoms with E-state index in [1.807, 2.05) is 24.3 Å². The highest BCUT2D eigenvalue weighted by Crippen LogP contribution is 2.20. The van der Waals surface area contributed by atoms with E-state index in [1.165, 1.54) is 11.2 Å². The van der Waals surface area contributed by atoms with Crippen molar-refractivity contribution in [3.63, 3.8) is 0 Å². The van der Waals surface area contributed by atoms with Crippen LogP contribution in [0.1, 0.15) is 5.56 Å². The highest BCUT2D eigenvalue weighted by Gasteiger charge is 2.27. The maximum Gasteiger partial charge on any atom is 0.407 e. The van der Waals surface area contributed by atoms with Crippen molar-refractivity contribution in [3.8, 4) is 11.5 Å². The Balaban J connectivity index is 1.78. The Morgan fingerprint density at radius 2 is 2.38 bits per heavy atom. The van der Waals surface area contributed by atoms with Gasteiger partial charge in [0.15, 0.2) is 0 Å². The van der Waals surface area contributed by atoms with Crippen LogP contribution in [-0.4, -0.2) is 46.9 Å². The number of nitrogens with zero attached hydrogens (tertiary/aromatic N) is 2. The van der Waals surface area contributed by atoms with Crippen LogP contribution in [0.5, 0.6) is 0 Å². The summed E-state index contributed by atoms with van der Waals surface area (Å²) in [5, 5.41) is 9.24. The van der Waals surface area contributed by atoms with Crippen molar-refractivity contribution in [3.05, 3.63) is 42.3 Å². The monoisotopic (exact) mass is 288 g/mol. The maximum absolute atomic E-state index is 11.3. The minimum atomic E-state index is -0.896. The van der Waals surface area contributed by atoms with Gasteiger partial charge >= 0.3 is 6.09 Å². The molecule has 1 aliphatic rings. The Bertz CT molecular complexity index is 612. The molecule has 0 unspecified atom stereocenters. The van der Waals surface area contributed by atoms with Crippen molar-refractivity contribution in [1.29, 1.82) is 0 Å². The number of hydrogen-bond donors (Lipinski definition) is 1. The molecule has 1 saturated heterocycles. The number of ether oxygens (including phenoxy) is 1. The van der Waals surface area contributed by atoms with E-state index in [2.05, 4.69) is 4.98 Å². The van der Waals surface area contributed by atoms with Gasteiger partial charge in [-0.3, -0.25) is 0 Å². The third-order valence-corrected chi connectivity index (χ3v) is 3.55. The number of benzene rings is 1. The number of carboxylic acid groups (broad SMARTS) is 1. The van der Waals surface area contributed by atoms with E-state index in [1.54, 1.807) is 6.20 Å². The average Bonchev–Trinajstić information content (AvgIpc) is 3.02. The molecular weight excluding hydrogens is 272 g/mol. The summed E-state index contributed by atoms with van der Waals surface area (Å²) in [5.41, 5.74) is 1.92. The molecule has 0 bridgehead atoms. The third kappa shape index (κ3) is 3.05. The fourth-order valence-electron chi connectivity index (χ4n) is 2.55. The van der Waals surface area contributed by atoms with Crippen LogP contribution in [0.4, 0.5) is 4.79 Å². The highest BCUT2D eigenvalue weighted by molar-refractivity contribution is 5.65. The number of rotatable bonds is 3. The van der Waals surface area contributed by atoms with Gasteiger partial charge in [-0.2, -0.15) is 0 Å². The van der Waals surface area contributed by atoms with Crippen molar-refractivity contribution in [2.24, 2.45) is 0 Å². The van der Waals surface area contributed by atoms with E-state index in [4.69, 9.17) is 9.15 Å². The number of morpholine rings is 1. The summed E-state index contributed by atoms with van der Waals surface area (Å²) in [6.07, 6.45) is 2.85. The van der Waals surface area contributed by atoms with E-state index in [0.717, 1.165) is 11.1 Å². The van der Waals surface area contributed by atoms with Gasteiger partial charge in [0.1, 0.15) is 6.26 Å². The molecule has 2 aromatic rings. The lowest BCUT2D eigenvalue weighted by molar-refractivity contribution is 0.000289. The second-order valence-electron chi connectivity index (χ2n) is 4.95. The summed E-state index contributed by atoms with van der Waals surface area (Å²) in [6.45, 7) is 1.30. The van der Waals surface area contributed by atoms with Crippen molar-refractivity contribution >= 4 is 6.09 Å². The topological polar surface area (TPSA) is 75.8 Å². The molecule has 1 fully saturated rings. The molecule has 0 radical (unpaired) electrons. The van der Waals surface area contributed by atoms with Crippen LogP contribution in [0.3, 0.4) is 0 Å². The standard InChI is InChI=1S/C15H16N2O4/c18-15(19)17-5-7-20-10-13(17)9-11-2-1-3-12(8-11)14-16-4-6-21-14/h1-4,6,8,13H,5,7,9-10H2,(H,18,19)/t13-/m1/s1. The molecule has 0 spiro atoms. The molecule has 6 nitrogen and oxygen atoms in total. The summed E-state index contributed by atoms with van der Waals surface area (Å²) in [5.74, 6) is 0.562. The van der Waals surface area contributed by atoms with Gasteiger partial charge in [0.25, 0.3) is 0 Å². The fraction of sp³-hybridized carbons (Fsp3) is 0.333. The van der Waals surface area contributed by atoms with Crippen molar-refractivity contribution < 1.29 is 19.1 Å². The van der Waals surface area contributed by atoms with E-state index in [9.17, 15) is 9.90 Å². The first-order valence-electron chi connectivity index (χ1n) is 6.80. The number of aromatic nitrogens is 1. The van der Waals surface area contributed by atoms with Gasteiger partial charge in [0.2, 0.25) is 5.89 Å². The second-order valence-corrected chi connectivity index (χ2v) is 4.95. The highest BCUT2D eigenvalue weighted by atomic mass is 16.5. The molecule has 1 atom stereocenters. The summed E-state index contributed by atoms with van der Waals surface area (Å²) >= 11 is 0. The summed E-state index contributed by atoms with van der Waals surface area (Å²) in [6, 6.07) is 7.63. The molecule has 1 N–H and O–H groups in total. The van der Waals surface area contributed by atoms with Crippen molar-refractivity contribution in [2.45, 2.75) is 12.5 Å². The molecule has 1 aromatic heterocycles. The fourth-order valence-corrected chi connectivity index (χ4v) is 2.55. The molecule has 6 heteroatoms. The molecular formula is C15H16N2O4. The van der Waals surface area contributed by atoms with Crippen molar-refractivity contribution in [2.75, 3.05) is 19.8 Å². The van der Waals surface area contributed by atoms with E-state index in [0.29, 0.717) is 32.1 Å². The largest absolute Gasteiger partial charge is 0.465 e. The zero-order valence-electron chi connectivity index (χ0n) is 11.4. The van der Waals surface area contributed by atoms with Crippen LogP contribution in [0.2, 0.25) is 0 Å². The van der Waals surface area contributed by atoms with Crippen LogP contribution in [0, 0.1) is 0 Å².